The van der Waals surface area contributed by atoms with E-state index in [2.05, 4.69) is 20.3 Å². The minimum atomic E-state index is -1.24. The summed E-state index contributed by atoms with van der Waals surface area (Å²) in [5.41, 5.74) is 1.73. The molecule has 28 heavy (non-hydrogen) atoms. The monoisotopic (exact) mass is 389 g/mol. The Hall–Kier alpha value is -2.66. The van der Waals surface area contributed by atoms with Gasteiger partial charge in [-0.05, 0) is 24.6 Å². The van der Waals surface area contributed by atoms with Crippen molar-refractivity contribution in [3.05, 3.63) is 48.3 Å². The summed E-state index contributed by atoms with van der Waals surface area (Å²) in [4.78, 5) is 12.8. The van der Waals surface area contributed by atoms with E-state index in [1.165, 1.54) is 29.4 Å². The van der Waals surface area contributed by atoms with Crippen LogP contribution in [0.15, 0.2) is 36.9 Å². The molecule has 0 bridgehead atoms. The third kappa shape index (κ3) is 3.20. The van der Waals surface area contributed by atoms with E-state index in [-0.39, 0.29) is 11.9 Å². The molecule has 1 aliphatic heterocycles. The highest BCUT2D eigenvalue weighted by Crippen LogP contribution is 2.32. The van der Waals surface area contributed by atoms with Crippen LogP contribution >= 0.6 is 0 Å². The number of hydrogen-bond donors (Lipinski definition) is 4. The molecular formula is C18H20FN5O4. The Morgan fingerprint density at radius 1 is 1.18 bits per heavy atom. The van der Waals surface area contributed by atoms with Crippen LogP contribution in [0.4, 0.5) is 10.2 Å². The van der Waals surface area contributed by atoms with Gasteiger partial charge in [-0.2, -0.15) is 0 Å². The van der Waals surface area contributed by atoms with Gasteiger partial charge in [-0.1, -0.05) is 12.1 Å². The molecule has 1 fully saturated rings. The number of rotatable bonds is 5. The molecule has 5 atom stereocenters. The molecule has 2 aromatic heterocycles. The first-order valence-corrected chi connectivity index (χ1v) is 8.81. The molecule has 0 aliphatic carbocycles. The van der Waals surface area contributed by atoms with Crippen molar-refractivity contribution in [2.24, 2.45) is 0 Å². The minimum absolute atomic E-state index is 0.169. The molecular weight excluding hydrogens is 369 g/mol. The van der Waals surface area contributed by atoms with Crippen LogP contribution in [-0.4, -0.2) is 59.8 Å². The van der Waals surface area contributed by atoms with Gasteiger partial charge in [0.2, 0.25) is 0 Å². The first-order chi connectivity index (χ1) is 13.5. The van der Waals surface area contributed by atoms with Gasteiger partial charge in [0.1, 0.15) is 30.5 Å². The zero-order chi connectivity index (χ0) is 19.8. The molecule has 3 aromatic rings. The molecule has 148 valence electrons. The number of imidazole rings is 1. The average Bonchev–Trinajstić information content (AvgIpc) is 3.24. The lowest BCUT2D eigenvalue weighted by Crippen LogP contribution is -2.33. The quantitative estimate of drug-likeness (QED) is 0.504. The van der Waals surface area contributed by atoms with Crippen molar-refractivity contribution < 1.29 is 24.4 Å². The lowest BCUT2D eigenvalue weighted by Gasteiger charge is -2.17. The van der Waals surface area contributed by atoms with Gasteiger partial charge in [0.25, 0.3) is 0 Å². The molecule has 4 N–H and O–H groups in total. The molecule has 1 aliphatic rings. The molecule has 1 unspecified atom stereocenters. The molecule has 0 radical (unpaired) electrons. The van der Waals surface area contributed by atoms with Crippen molar-refractivity contribution in [1.82, 2.24) is 19.5 Å². The normalized spacial score (nSPS) is 25.9. The second kappa shape index (κ2) is 7.40. The standard InChI is InChI=1S/C18H20FN5O4/c1-9(10-2-4-11(19)5-3-10)23-16-13-17(21-7-20-16)24(8-22-13)18-15(27)14(26)12(6-25)28-18/h2-5,7-9,12,14-15,18,25-27H,6H2,1H3,(H,20,21,23)/t9-,12-,14?,15+,18-/m1/s1. The van der Waals surface area contributed by atoms with Crippen LogP contribution < -0.4 is 5.32 Å². The molecule has 0 amide bonds. The highest BCUT2D eigenvalue weighted by molar-refractivity contribution is 5.82. The van der Waals surface area contributed by atoms with Gasteiger partial charge in [0.05, 0.1) is 19.0 Å². The number of aromatic nitrogens is 4. The largest absolute Gasteiger partial charge is 0.394 e. The molecule has 0 spiro atoms. The van der Waals surface area contributed by atoms with Crippen LogP contribution in [0.25, 0.3) is 11.2 Å². The molecule has 10 heteroatoms. The topological polar surface area (TPSA) is 126 Å². The van der Waals surface area contributed by atoms with E-state index >= 15 is 0 Å². The van der Waals surface area contributed by atoms with Crippen LogP contribution in [0.5, 0.6) is 0 Å². The van der Waals surface area contributed by atoms with E-state index in [1.807, 2.05) is 6.92 Å². The molecule has 1 saturated heterocycles. The fourth-order valence-corrected chi connectivity index (χ4v) is 3.29. The molecule has 3 heterocycles. The summed E-state index contributed by atoms with van der Waals surface area (Å²) in [5, 5.41) is 32.7. The van der Waals surface area contributed by atoms with Crippen LogP contribution in [0, 0.1) is 5.82 Å². The Morgan fingerprint density at radius 3 is 2.61 bits per heavy atom. The number of halogens is 1. The summed E-state index contributed by atoms with van der Waals surface area (Å²) in [6.45, 7) is 1.49. The van der Waals surface area contributed by atoms with Crippen molar-refractivity contribution in [2.75, 3.05) is 11.9 Å². The number of hydrogen-bond acceptors (Lipinski definition) is 8. The van der Waals surface area contributed by atoms with Gasteiger partial charge in [-0.25, -0.2) is 19.3 Å². The third-order valence-electron chi connectivity index (χ3n) is 4.87. The molecule has 0 saturated carbocycles. The highest BCUT2D eigenvalue weighted by Gasteiger charge is 2.44. The smallest absolute Gasteiger partial charge is 0.167 e. The van der Waals surface area contributed by atoms with Crippen molar-refractivity contribution in [3.8, 4) is 0 Å². The number of aliphatic hydroxyl groups is 3. The zero-order valence-corrected chi connectivity index (χ0v) is 15.0. The van der Waals surface area contributed by atoms with Crippen LogP contribution in [0.2, 0.25) is 0 Å². The maximum absolute atomic E-state index is 13.1. The van der Waals surface area contributed by atoms with E-state index in [9.17, 15) is 19.7 Å². The summed E-state index contributed by atoms with van der Waals surface area (Å²) in [7, 11) is 0. The fourth-order valence-electron chi connectivity index (χ4n) is 3.29. The average molecular weight is 389 g/mol. The Morgan fingerprint density at radius 2 is 1.93 bits per heavy atom. The number of benzene rings is 1. The summed E-state index contributed by atoms with van der Waals surface area (Å²) in [6, 6.07) is 5.98. The Balaban J connectivity index is 1.63. The van der Waals surface area contributed by atoms with Crippen molar-refractivity contribution >= 4 is 17.0 Å². The Labute approximate surface area is 159 Å². The summed E-state index contributed by atoms with van der Waals surface area (Å²) < 4.78 is 20.2. The number of nitrogens with zero attached hydrogens (tertiary/aromatic N) is 4. The van der Waals surface area contributed by atoms with E-state index in [0.717, 1.165) is 5.56 Å². The third-order valence-corrected chi connectivity index (χ3v) is 4.87. The maximum atomic E-state index is 13.1. The van der Waals surface area contributed by atoms with Crippen LogP contribution in [0.1, 0.15) is 24.8 Å². The Kier molecular flexibility index (Phi) is 4.94. The lowest BCUT2D eigenvalue weighted by atomic mass is 10.1. The maximum Gasteiger partial charge on any atom is 0.167 e. The van der Waals surface area contributed by atoms with Crippen molar-refractivity contribution in [3.63, 3.8) is 0 Å². The van der Waals surface area contributed by atoms with Crippen LogP contribution in [-0.2, 0) is 4.74 Å². The SMILES string of the molecule is C[C@@H](Nc1ncnc2c1ncn2[C@@H]1O[C@H](CO)C(O)[C@@H]1O)c1ccc(F)cc1. The lowest BCUT2D eigenvalue weighted by molar-refractivity contribution is -0.0511. The van der Waals surface area contributed by atoms with Crippen LogP contribution in [0.3, 0.4) is 0 Å². The number of aliphatic hydroxyl groups excluding tert-OH is 3. The summed E-state index contributed by atoms with van der Waals surface area (Å²) in [6.07, 6.45) is -1.50. The summed E-state index contributed by atoms with van der Waals surface area (Å²) in [5.74, 6) is 0.157. The van der Waals surface area contributed by atoms with Crippen molar-refractivity contribution in [2.45, 2.75) is 37.5 Å². The van der Waals surface area contributed by atoms with Gasteiger partial charge in [0.15, 0.2) is 23.2 Å². The first-order valence-electron chi connectivity index (χ1n) is 8.81. The predicted molar refractivity (Wildman–Crippen MR) is 96.8 cm³/mol. The second-order valence-electron chi connectivity index (χ2n) is 6.69. The van der Waals surface area contributed by atoms with Gasteiger partial charge >= 0.3 is 0 Å². The van der Waals surface area contributed by atoms with Gasteiger partial charge in [-0.3, -0.25) is 4.57 Å². The van der Waals surface area contributed by atoms with E-state index < -0.39 is 31.1 Å². The number of anilines is 1. The van der Waals surface area contributed by atoms with Gasteiger partial charge < -0.3 is 25.4 Å². The first kappa shape index (κ1) is 18.7. The number of fused-ring (bicyclic) bond motifs is 1. The van der Waals surface area contributed by atoms with E-state index in [1.54, 1.807) is 12.1 Å². The minimum Gasteiger partial charge on any atom is -0.394 e. The number of ether oxygens (including phenoxy) is 1. The van der Waals surface area contributed by atoms with E-state index in [4.69, 9.17) is 4.74 Å². The predicted octanol–water partition coefficient (Wildman–Crippen LogP) is 0.750. The second-order valence-corrected chi connectivity index (χ2v) is 6.69. The Bertz CT molecular complexity index is 966. The molecule has 4 rings (SSSR count). The highest BCUT2D eigenvalue weighted by atomic mass is 19.1. The molecule has 1 aromatic carbocycles. The number of nitrogens with one attached hydrogen (secondary N) is 1. The van der Waals surface area contributed by atoms with Gasteiger partial charge in [-0.15, -0.1) is 0 Å². The van der Waals surface area contributed by atoms with E-state index in [0.29, 0.717) is 17.0 Å². The summed E-state index contributed by atoms with van der Waals surface area (Å²) >= 11 is 0. The van der Waals surface area contributed by atoms with Crippen molar-refractivity contribution in [1.29, 1.82) is 0 Å². The fraction of sp³-hybridized carbons (Fsp3) is 0.389. The zero-order valence-electron chi connectivity index (χ0n) is 15.0. The van der Waals surface area contributed by atoms with Gasteiger partial charge in [0, 0.05) is 0 Å². The molecule has 9 nitrogen and oxygen atoms in total.